The van der Waals surface area contributed by atoms with Gasteiger partial charge in [-0.3, -0.25) is 14.9 Å². The molecule has 0 aliphatic carbocycles. The maximum atomic E-state index is 13.0. The number of amides is 1. The van der Waals surface area contributed by atoms with Gasteiger partial charge in [-0.1, -0.05) is 12.1 Å². The molecule has 0 unspecified atom stereocenters. The van der Waals surface area contributed by atoms with Gasteiger partial charge in [0.15, 0.2) is 5.82 Å². The fourth-order valence-electron chi connectivity index (χ4n) is 3.02. The molecule has 9 nitrogen and oxygen atoms in total. The third-order valence-electron chi connectivity index (χ3n) is 4.41. The number of nitro groups is 1. The van der Waals surface area contributed by atoms with Crippen molar-refractivity contribution in [2.75, 3.05) is 25.0 Å². The van der Waals surface area contributed by atoms with Crippen molar-refractivity contribution >= 4 is 17.3 Å². The van der Waals surface area contributed by atoms with Crippen molar-refractivity contribution in [2.24, 2.45) is 0 Å². The summed E-state index contributed by atoms with van der Waals surface area (Å²) >= 11 is 0. The van der Waals surface area contributed by atoms with E-state index in [1.807, 2.05) is 6.92 Å². The zero-order valence-electron chi connectivity index (χ0n) is 14.8. The number of nitrogens with zero attached hydrogens (tertiary/aromatic N) is 5. The fourth-order valence-corrected chi connectivity index (χ4v) is 3.02. The number of aromatic nitrogens is 2. The van der Waals surface area contributed by atoms with Gasteiger partial charge in [0.25, 0.3) is 11.6 Å². The molecule has 0 saturated carbocycles. The van der Waals surface area contributed by atoms with Gasteiger partial charge in [-0.05, 0) is 18.9 Å². The molecule has 2 heterocycles. The lowest BCUT2D eigenvalue weighted by molar-refractivity contribution is -0.384. The number of non-ortho nitro benzene ring substituents is 1. The number of rotatable bonds is 6. The van der Waals surface area contributed by atoms with Crippen LogP contribution in [0.25, 0.3) is 0 Å². The highest BCUT2D eigenvalue weighted by Crippen LogP contribution is 2.29. The number of carbonyl (C=O) groups is 1. The lowest BCUT2D eigenvalue weighted by Gasteiger charge is -2.23. The Morgan fingerprint density at radius 3 is 2.73 bits per heavy atom. The van der Waals surface area contributed by atoms with E-state index in [0.717, 1.165) is 31.6 Å². The number of carbonyl (C=O) groups excluding carboxylic acids is 1. The van der Waals surface area contributed by atoms with Crippen LogP contribution in [0.4, 0.5) is 11.4 Å². The summed E-state index contributed by atoms with van der Waals surface area (Å²) in [7, 11) is 1.62. The molecule has 3 rings (SSSR count). The highest BCUT2D eigenvalue weighted by atomic mass is 16.6. The summed E-state index contributed by atoms with van der Waals surface area (Å²) < 4.78 is 5.13. The van der Waals surface area contributed by atoms with Gasteiger partial charge in [-0.25, -0.2) is 0 Å². The Kier molecular flexibility index (Phi) is 5.15. The Morgan fingerprint density at radius 2 is 2.12 bits per heavy atom. The van der Waals surface area contributed by atoms with Crippen LogP contribution in [0.2, 0.25) is 0 Å². The lowest BCUT2D eigenvalue weighted by Crippen LogP contribution is -2.29. The maximum Gasteiger partial charge on any atom is 0.270 e. The second-order valence-electron chi connectivity index (χ2n) is 6.27. The van der Waals surface area contributed by atoms with E-state index in [9.17, 15) is 14.9 Å². The predicted octanol–water partition coefficient (Wildman–Crippen LogP) is 2.41. The summed E-state index contributed by atoms with van der Waals surface area (Å²) in [6.07, 6.45) is 2.73. The number of hydrogen-bond acceptors (Lipinski definition) is 7. The molecule has 1 fully saturated rings. The molecule has 1 saturated heterocycles. The number of hydrogen-bond donors (Lipinski definition) is 0. The van der Waals surface area contributed by atoms with Crippen LogP contribution in [0.15, 0.2) is 22.7 Å². The maximum absolute atomic E-state index is 13.0. The molecule has 0 N–H and O–H groups in total. The molecule has 0 radical (unpaired) electrons. The molecule has 0 bridgehead atoms. The zero-order valence-corrected chi connectivity index (χ0v) is 14.8. The first-order chi connectivity index (χ1) is 12.5. The monoisotopic (exact) mass is 359 g/mol. The van der Waals surface area contributed by atoms with Crippen LogP contribution >= 0.6 is 0 Å². The minimum Gasteiger partial charge on any atom is -0.371 e. The van der Waals surface area contributed by atoms with Crippen LogP contribution < -0.4 is 4.90 Å². The summed E-state index contributed by atoms with van der Waals surface area (Å²) in [4.78, 5) is 31.3. The Hall–Kier alpha value is -2.97. The van der Waals surface area contributed by atoms with E-state index < -0.39 is 4.92 Å². The van der Waals surface area contributed by atoms with E-state index >= 15 is 0 Å². The number of aryl methyl sites for hydroxylation is 1. The van der Waals surface area contributed by atoms with E-state index in [1.54, 1.807) is 13.1 Å². The van der Waals surface area contributed by atoms with E-state index in [2.05, 4.69) is 15.0 Å². The molecule has 1 amide bonds. The molecule has 1 aromatic carbocycles. The molecule has 0 spiro atoms. The largest absolute Gasteiger partial charge is 0.371 e. The molecular weight excluding hydrogens is 338 g/mol. The normalized spacial score (nSPS) is 13.8. The van der Waals surface area contributed by atoms with Gasteiger partial charge in [-0.15, -0.1) is 0 Å². The van der Waals surface area contributed by atoms with Crippen molar-refractivity contribution in [1.82, 2.24) is 15.0 Å². The topological polar surface area (TPSA) is 106 Å². The fraction of sp³-hybridized carbons (Fsp3) is 0.471. The predicted molar refractivity (Wildman–Crippen MR) is 94.0 cm³/mol. The highest BCUT2D eigenvalue weighted by molar-refractivity contribution is 6.00. The van der Waals surface area contributed by atoms with Crippen molar-refractivity contribution in [2.45, 2.75) is 32.7 Å². The van der Waals surface area contributed by atoms with Crippen molar-refractivity contribution < 1.29 is 14.2 Å². The first-order valence-corrected chi connectivity index (χ1v) is 8.60. The quantitative estimate of drug-likeness (QED) is 0.576. The molecule has 26 heavy (non-hydrogen) atoms. The van der Waals surface area contributed by atoms with Crippen LogP contribution in [0.1, 0.15) is 41.8 Å². The second-order valence-corrected chi connectivity index (χ2v) is 6.27. The van der Waals surface area contributed by atoms with Crippen molar-refractivity contribution in [3.63, 3.8) is 0 Å². The molecule has 1 aromatic heterocycles. The number of anilines is 1. The molecule has 0 atom stereocenters. The van der Waals surface area contributed by atoms with Crippen LogP contribution in [-0.4, -0.2) is 46.0 Å². The first-order valence-electron chi connectivity index (χ1n) is 8.60. The zero-order chi connectivity index (χ0) is 18.7. The van der Waals surface area contributed by atoms with Crippen LogP contribution in [-0.2, 0) is 13.0 Å². The number of benzene rings is 1. The Balaban J connectivity index is 1.87. The van der Waals surface area contributed by atoms with Crippen LogP contribution in [0.3, 0.4) is 0 Å². The molecule has 1 aliphatic rings. The number of nitro benzene ring substituents is 1. The summed E-state index contributed by atoms with van der Waals surface area (Å²) in [6, 6.07) is 4.44. The van der Waals surface area contributed by atoms with Crippen LogP contribution in [0.5, 0.6) is 0 Å². The summed E-state index contributed by atoms with van der Waals surface area (Å²) in [5, 5.41) is 15.0. The molecule has 138 valence electrons. The van der Waals surface area contributed by atoms with Gasteiger partial charge in [0.1, 0.15) is 0 Å². The molecule has 2 aromatic rings. The minimum absolute atomic E-state index is 0.101. The van der Waals surface area contributed by atoms with Crippen molar-refractivity contribution in [3.8, 4) is 0 Å². The summed E-state index contributed by atoms with van der Waals surface area (Å²) in [5.41, 5.74) is 0.944. The lowest BCUT2D eigenvalue weighted by atomic mass is 10.1. The standard InChI is InChI=1S/C17H21N5O4/c1-3-15-18-16(26-19-15)11-20(2)17(23)13-10-12(22(24)25)6-7-14(13)21-8-4-5-9-21/h6-7,10H,3-5,8-9,11H2,1-2H3. The van der Waals surface area contributed by atoms with Crippen molar-refractivity contribution in [1.29, 1.82) is 0 Å². The van der Waals surface area contributed by atoms with Crippen LogP contribution in [0, 0.1) is 10.1 Å². The average Bonchev–Trinajstić information content (AvgIpc) is 3.32. The molecular formula is C17H21N5O4. The highest BCUT2D eigenvalue weighted by Gasteiger charge is 2.25. The van der Waals surface area contributed by atoms with Gasteiger partial charge in [0, 0.05) is 38.7 Å². The van der Waals surface area contributed by atoms with E-state index in [4.69, 9.17) is 4.52 Å². The van der Waals surface area contributed by atoms with E-state index in [0.29, 0.717) is 23.7 Å². The van der Waals surface area contributed by atoms with Gasteiger partial charge < -0.3 is 14.3 Å². The second kappa shape index (κ2) is 7.51. The summed E-state index contributed by atoms with van der Waals surface area (Å²) in [5.74, 6) is 0.603. The Labute approximate surface area is 150 Å². The smallest absolute Gasteiger partial charge is 0.270 e. The van der Waals surface area contributed by atoms with Gasteiger partial charge in [0.05, 0.1) is 22.7 Å². The SMILES string of the molecule is CCc1noc(CN(C)C(=O)c2cc([N+](=O)[O-])ccc2N2CCCC2)n1. The van der Waals surface area contributed by atoms with Gasteiger partial charge in [0.2, 0.25) is 5.89 Å². The van der Waals surface area contributed by atoms with E-state index in [1.165, 1.54) is 17.0 Å². The molecule has 9 heteroatoms. The summed E-state index contributed by atoms with van der Waals surface area (Å²) in [6.45, 7) is 3.74. The average molecular weight is 359 g/mol. The van der Waals surface area contributed by atoms with Gasteiger partial charge in [-0.2, -0.15) is 4.98 Å². The first kappa shape index (κ1) is 17.8. The third-order valence-corrected chi connectivity index (χ3v) is 4.41. The van der Waals surface area contributed by atoms with Gasteiger partial charge >= 0.3 is 0 Å². The van der Waals surface area contributed by atoms with E-state index in [-0.39, 0.29) is 18.1 Å². The third kappa shape index (κ3) is 3.66. The Morgan fingerprint density at radius 1 is 1.38 bits per heavy atom. The Bertz CT molecular complexity index is 813. The van der Waals surface area contributed by atoms with Crippen molar-refractivity contribution in [3.05, 3.63) is 45.6 Å². The molecule has 1 aliphatic heterocycles. The minimum atomic E-state index is -0.490.